The molecule has 0 aliphatic carbocycles. The molecule has 0 fully saturated rings. The highest BCUT2D eigenvalue weighted by atomic mass is 15.3. The van der Waals surface area contributed by atoms with Gasteiger partial charge in [0.1, 0.15) is 0 Å². The molecule has 6 heteroatoms. The molecule has 0 aromatic carbocycles. The molecule has 18 heavy (non-hydrogen) atoms. The fourth-order valence-electron chi connectivity index (χ4n) is 1.83. The average molecular weight is 248 g/mol. The molecule has 0 atom stereocenters. The van der Waals surface area contributed by atoms with Crippen LogP contribution in [0.25, 0.3) is 0 Å². The third kappa shape index (κ3) is 2.47. The van der Waals surface area contributed by atoms with Crippen LogP contribution in [0.2, 0.25) is 0 Å². The Morgan fingerprint density at radius 1 is 1.33 bits per heavy atom. The minimum Gasteiger partial charge on any atom is -0.377 e. The number of nitrogens with one attached hydrogen (secondary N) is 1. The Bertz CT molecular complexity index is 510. The van der Waals surface area contributed by atoms with Gasteiger partial charge in [-0.15, -0.1) is 0 Å². The van der Waals surface area contributed by atoms with E-state index in [1.165, 1.54) is 0 Å². The van der Waals surface area contributed by atoms with Crippen molar-refractivity contribution in [1.82, 2.24) is 19.3 Å². The zero-order valence-corrected chi connectivity index (χ0v) is 11.4. The summed E-state index contributed by atoms with van der Waals surface area (Å²) in [7, 11) is 6.00. The number of hydrogen-bond donors (Lipinski definition) is 1. The van der Waals surface area contributed by atoms with Crippen LogP contribution < -0.4 is 10.2 Å². The van der Waals surface area contributed by atoms with Crippen LogP contribution in [0.4, 0.5) is 11.6 Å². The SMILES string of the molecule is CCn1cc(NCc2cnc(N(C)C)n2C)cn1. The molecule has 0 amide bonds. The van der Waals surface area contributed by atoms with Crippen molar-refractivity contribution in [3.8, 4) is 0 Å². The van der Waals surface area contributed by atoms with Gasteiger partial charge in [0.15, 0.2) is 0 Å². The van der Waals surface area contributed by atoms with Gasteiger partial charge in [-0.2, -0.15) is 5.10 Å². The van der Waals surface area contributed by atoms with Gasteiger partial charge in [0, 0.05) is 33.9 Å². The van der Waals surface area contributed by atoms with E-state index in [1.807, 2.05) is 49.3 Å². The van der Waals surface area contributed by atoms with Crippen LogP contribution in [0.1, 0.15) is 12.6 Å². The van der Waals surface area contributed by atoms with E-state index in [-0.39, 0.29) is 0 Å². The summed E-state index contributed by atoms with van der Waals surface area (Å²) in [5.41, 5.74) is 2.17. The average Bonchev–Trinajstić information content (AvgIpc) is 2.93. The zero-order chi connectivity index (χ0) is 13.1. The molecule has 1 N–H and O–H groups in total. The summed E-state index contributed by atoms with van der Waals surface area (Å²) in [6.07, 6.45) is 5.74. The van der Waals surface area contributed by atoms with Gasteiger partial charge >= 0.3 is 0 Å². The quantitative estimate of drug-likeness (QED) is 0.867. The number of nitrogens with zero attached hydrogens (tertiary/aromatic N) is 5. The maximum Gasteiger partial charge on any atom is 0.204 e. The molecule has 2 aromatic heterocycles. The first-order chi connectivity index (χ1) is 8.61. The number of anilines is 2. The van der Waals surface area contributed by atoms with Crippen molar-refractivity contribution in [2.45, 2.75) is 20.0 Å². The second-order valence-electron chi connectivity index (χ2n) is 4.44. The first-order valence-electron chi connectivity index (χ1n) is 6.06. The Hall–Kier alpha value is -1.98. The van der Waals surface area contributed by atoms with Gasteiger partial charge < -0.3 is 14.8 Å². The van der Waals surface area contributed by atoms with Crippen molar-refractivity contribution in [3.63, 3.8) is 0 Å². The summed E-state index contributed by atoms with van der Waals surface area (Å²) >= 11 is 0. The number of hydrogen-bond acceptors (Lipinski definition) is 4. The van der Waals surface area contributed by atoms with E-state index in [0.717, 1.165) is 30.4 Å². The van der Waals surface area contributed by atoms with E-state index >= 15 is 0 Å². The molecule has 2 heterocycles. The fraction of sp³-hybridized carbons (Fsp3) is 0.500. The molecule has 0 radical (unpaired) electrons. The summed E-state index contributed by atoms with van der Waals surface area (Å²) in [4.78, 5) is 6.38. The van der Waals surface area contributed by atoms with Gasteiger partial charge in [-0.25, -0.2) is 4.98 Å². The van der Waals surface area contributed by atoms with E-state index < -0.39 is 0 Å². The van der Waals surface area contributed by atoms with E-state index in [4.69, 9.17) is 0 Å². The van der Waals surface area contributed by atoms with Crippen molar-refractivity contribution in [2.24, 2.45) is 7.05 Å². The normalized spacial score (nSPS) is 10.7. The summed E-state index contributed by atoms with van der Waals surface area (Å²) in [6.45, 7) is 3.70. The second-order valence-corrected chi connectivity index (χ2v) is 4.44. The van der Waals surface area contributed by atoms with Gasteiger partial charge in [-0.3, -0.25) is 4.68 Å². The van der Waals surface area contributed by atoms with Gasteiger partial charge in [-0.05, 0) is 6.92 Å². The van der Waals surface area contributed by atoms with Crippen molar-refractivity contribution in [3.05, 3.63) is 24.3 Å². The van der Waals surface area contributed by atoms with Gasteiger partial charge in [0.2, 0.25) is 5.95 Å². The third-order valence-electron chi connectivity index (χ3n) is 2.89. The molecule has 0 saturated heterocycles. The lowest BCUT2D eigenvalue weighted by Gasteiger charge is -2.12. The predicted octanol–water partition coefficient (Wildman–Crippen LogP) is 1.31. The highest BCUT2D eigenvalue weighted by molar-refractivity contribution is 5.39. The molecule has 0 spiro atoms. The van der Waals surface area contributed by atoms with Crippen molar-refractivity contribution in [2.75, 3.05) is 24.3 Å². The van der Waals surface area contributed by atoms with E-state index in [2.05, 4.69) is 26.9 Å². The molecule has 0 aliphatic rings. The lowest BCUT2D eigenvalue weighted by molar-refractivity contribution is 0.660. The predicted molar refractivity (Wildman–Crippen MR) is 72.8 cm³/mol. The molecule has 6 nitrogen and oxygen atoms in total. The van der Waals surface area contributed by atoms with E-state index in [1.54, 1.807) is 0 Å². The molecule has 0 unspecified atom stereocenters. The lowest BCUT2D eigenvalue weighted by atomic mass is 10.4. The highest BCUT2D eigenvalue weighted by Crippen LogP contribution is 2.13. The first kappa shape index (κ1) is 12.5. The zero-order valence-electron chi connectivity index (χ0n) is 11.4. The standard InChI is InChI=1S/C12H20N6/c1-5-18-9-10(6-15-18)13-7-11-8-14-12(16(2)3)17(11)4/h6,8-9,13H,5,7H2,1-4H3. The number of rotatable bonds is 5. The van der Waals surface area contributed by atoms with Crippen LogP contribution in [0.3, 0.4) is 0 Å². The molecule has 2 rings (SSSR count). The summed E-state index contributed by atoms with van der Waals surface area (Å²) < 4.78 is 3.98. The summed E-state index contributed by atoms with van der Waals surface area (Å²) in [5, 5.41) is 7.57. The smallest absolute Gasteiger partial charge is 0.204 e. The van der Waals surface area contributed by atoms with Gasteiger partial charge in [-0.1, -0.05) is 0 Å². The molecule has 98 valence electrons. The Morgan fingerprint density at radius 2 is 2.11 bits per heavy atom. The molecular weight excluding hydrogens is 228 g/mol. The van der Waals surface area contributed by atoms with Crippen LogP contribution in [0, 0.1) is 0 Å². The summed E-state index contributed by atoms with van der Waals surface area (Å²) in [6, 6.07) is 0. The Balaban J connectivity index is 2.02. The van der Waals surface area contributed by atoms with E-state index in [0.29, 0.717) is 0 Å². The molecule has 0 bridgehead atoms. The fourth-order valence-corrected chi connectivity index (χ4v) is 1.83. The second kappa shape index (κ2) is 5.12. The Labute approximate surface area is 107 Å². The number of imidazole rings is 1. The first-order valence-corrected chi connectivity index (χ1v) is 6.06. The largest absolute Gasteiger partial charge is 0.377 e. The van der Waals surface area contributed by atoms with Gasteiger partial charge in [0.05, 0.1) is 30.3 Å². The minimum atomic E-state index is 0.743. The highest BCUT2D eigenvalue weighted by Gasteiger charge is 2.07. The van der Waals surface area contributed by atoms with Crippen molar-refractivity contribution < 1.29 is 0 Å². The topological polar surface area (TPSA) is 50.9 Å². The molecular formula is C12H20N6. The van der Waals surface area contributed by atoms with Crippen LogP contribution in [0.5, 0.6) is 0 Å². The molecule has 0 saturated carbocycles. The van der Waals surface area contributed by atoms with Crippen molar-refractivity contribution >= 4 is 11.6 Å². The summed E-state index contributed by atoms with van der Waals surface area (Å²) in [5.74, 6) is 0.955. The maximum atomic E-state index is 4.38. The molecule has 0 aliphatic heterocycles. The third-order valence-corrected chi connectivity index (χ3v) is 2.89. The van der Waals surface area contributed by atoms with Gasteiger partial charge in [0.25, 0.3) is 0 Å². The number of aromatic nitrogens is 4. The van der Waals surface area contributed by atoms with Crippen molar-refractivity contribution in [1.29, 1.82) is 0 Å². The Kier molecular flexibility index (Phi) is 3.55. The van der Waals surface area contributed by atoms with Crippen LogP contribution >= 0.6 is 0 Å². The number of aryl methyl sites for hydroxylation is 1. The van der Waals surface area contributed by atoms with Crippen LogP contribution in [-0.4, -0.2) is 33.4 Å². The van der Waals surface area contributed by atoms with E-state index in [9.17, 15) is 0 Å². The van der Waals surface area contributed by atoms with Crippen LogP contribution in [0.15, 0.2) is 18.6 Å². The monoisotopic (exact) mass is 248 g/mol. The molecule has 2 aromatic rings. The van der Waals surface area contributed by atoms with Crippen LogP contribution in [-0.2, 0) is 20.1 Å². The lowest BCUT2D eigenvalue weighted by Crippen LogP contribution is -2.15. The maximum absolute atomic E-state index is 4.38. The minimum absolute atomic E-state index is 0.743. The Morgan fingerprint density at radius 3 is 2.67 bits per heavy atom.